The second kappa shape index (κ2) is 5.06. The van der Waals surface area contributed by atoms with Gasteiger partial charge < -0.3 is 4.57 Å². The summed E-state index contributed by atoms with van der Waals surface area (Å²) in [5, 5.41) is 0. The number of aryl methyl sites for hydroxylation is 1. The molecule has 0 saturated heterocycles. The fourth-order valence-electron chi connectivity index (χ4n) is 2.24. The monoisotopic (exact) mass is 262 g/mol. The lowest BCUT2D eigenvalue weighted by molar-refractivity contribution is 0.627. The van der Waals surface area contributed by atoms with Crippen LogP contribution in [0, 0.1) is 12.7 Å². The van der Waals surface area contributed by atoms with E-state index in [0.29, 0.717) is 0 Å². The summed E-state index contributed by atoms with van der Waals surface area (Å²) in [4.78, 5) is 4.26. The maximum absolute atomic E-state index is 12.9. The van der Waals surface area contributed by atoms with Crippen molar-refractivity contribution >= 4 is 8.07 Å². The Morgan fingerprint density at radius 3 is 2.44 bits per heavy atom. The summed E-state index contributed by atoms with van der Waals surface area (Å²) in [5.74, 6) is 0.901. The van der Waals surface area contributed by atoms with E-state index in [1.807, 2.05) is 31.5 Å². The lowest BCUT2D eigenvalue weighted by atomic mass is 10.2. The minimum absolute atomic E-state index is 0.163. The molecule has 4 heteroatoms. The summed E-state index contributed by atoms with van der Waals surface area (Å²) in [6.45, 7) is 6.74. The molecule has 0 saturated carbocycles. The van der Waals surface area contributed by atoms with Crippen molar-refractivity contribution in [3.63, 3.8) is 0 Å². The number of hydrogen-bond acceptors (Lipinski definition) is 1. The highest BCUT2D eigenvalue weighted by molar-refractivity contribution is 6.75. The molecule has 0 atom stereocenters. The molecule has 0 amide bonds. The molecule has 18 heavy (non-hydrogen) atoms. The van der Waals surface area contributed by atoms with Crippen LogP contribution in [0.25, 0.3) is 0 Å². The minimum atomic E-state index is -1.40. The Balaban J connectivity index is 2.07. The normalized spacial score (nSPS) is 11.8. The molecule has 2 aromatic rings. The Morgan fingerprint density at radius 2 is 1.89 bits per heavy atom. The van der Waals surface area contributed by atoms with Gasteiger partial charge in [-0.2, -0.15) is 0 Å². The zero-order valence-electron chi connectivity index (χ0n) is 11.2. The maximum atomic E-state index is 12.9. The van der Waals surface area contributed by atoms with E-state index in [4.69, 9.17) is 0 Å². The Kier molecular flexibility index (Phi) is 3.66. The van der Waals surface area contributed by atoms with Crippen LogP contribution in [-0.4, -0.2) is 17.6 Å². The van der Waals surface area contributed by atoms with Gasteiger partial charge in [0.2, 0.25) is 0 Å². The first-order valence-corrected chi connectivity index (χ1v) is 9.60. The van der Waals surface area contributed by atoms with Crippen LogP contribution in [0.1, 0.15) is 11.4 Å². The molecule has 1 heterocycles. The van der Waals surface area contributed by atoms with Crippen LogP contribution in [0.15, 0.2) is 36.7 Å². The fraction of sp³-hybridized carbons (Fsp3) is 0.357. The van der Waals surface area contributed by atoms with Crippen LogP contribution in [0.3, 0.4) is 0 Å². The van der Waals surface area contributed by atoms with Crippen molar-refractivity contribution < 1.29 is 4.39 Å². The van der Waals surface area contributed by atoms with Crippen molar-refractivity contribution in [3.8, 4) is 0 Å². The van der Waals surface area contributed by atoms with E-state index >= 15 is 0 Å². The minimum Gasteiger partial charge on any atom is -0.338 e. The number of rotatable bonds is 4. The Bertz CT molecular complexity index is 517. The predicted molar refractivity (Wildman–Crippen MR) is 74.6 cm³/mol. The van der Waals surface area contributed by atoms with Crippen LogP contribution < -0.4 is 0 Å². The van der Waals surface area contributed by atoms with E-state index < -0.39 is 8.07 Å². The van der Waals surface area contributed by atoms with Gasteiger partial charge in [-0.15, -0.1) is 0 Å². The van der Waals surface area contributed by atoms with Crippen LogP contribution in [0.5, 0.6) is 0 Å². The van der Waals surface area contributed by atoms with Gasteiger partial charge in [0.1, 0.15) is 11.6 Å². The Labute approximate surface area is 108 Å². The molecule has 0 aliphatic heterocycles. The Morgan fingerprint density at radius 1 is 1.22 bits per heavy atom. The first-order valence-electron chi connectivity index (χ1n) is 6.18. The van der Waals surface area contributed by atoms with Gasteiger partial charge in [0.05, 0.1) is 8.07 Å². The average Bonchev–Trinajstić information content (AvgIpc) is 2.67. The van der Waals surface area contributed by atoms with Crippen LogP contribution >= 0.6 is 0 Å². The lowest BCUT2D eigenvalue weighted by Crippen LogP contribution is -2.35. The molecule has 96 valence electrons. The second-order valence-electron chi connectivity index (χ2n) is 5.57. The zero-order chi connectivity index (χ0) is 13.2. The van der Waals surface area contributed by atoms with Crippen LogP contribution in [0.2, 0.25) is 13.1 Å². The summed E-state index contributed by atoms with van der Waals surface area (Å²) in [6, 6.07) is 7.94. The molecule has 2 rings (SSSR count). The summed E-state index contributed by atoms with van der Waals surface area (Å²) in [6.07, 6.45) is 4.93. The molecule has 0 bridgehead atoms. The molecule has 0 aliphatic carbocycles. The van der Waals surface area contributed by atoms with Gasteiger partial charge in [0.25, 0.3) is 0 Å². The number of hydrogen-bond donors (Lipinski definition) is 0. The van der Waals surface area contributed by atoms with Gasteiger partial charge in [-0.05, 0) is 25.1 Å². The standard InChI is InChI=1S/C14H19FN2Si/c1-12-16-8-9-17(12)11-18(2,3)10-13-4-6-14(15)7-5-13/h4-9H,10-11H2,1-3H3. The van der Waals surface area contributed by atoms with E-state index in [2.05, 4.69) is 22.6 Å². The van der Waals surface area contributed by atoms with E-state index in [-0.39, 0.29) is 5.82 Å². The highest BCUT2D eigenvalue weighted by Crippen LogP contribution is 2.15. The number of aromatic nitrogens is 2. The smallest absolute Gasteiger partial charge is 0.123 e. The average molecular weight is 262 g/mol. The summed E-state index contributed by atoms with van der Waals surface area (Å²) in [5.41, 5.74) is 1.23. The first kappa shape index (κ1) is 13.0. The first-order chi connectivity index (χ1) is 8.46. The number of benzene rings is 1. The largest absolute Gasteiger partial charge is 0.338 e. The lowest BCUT2D eigenvalue weighted by Gasteiger charge is -2.23. The molecule has 2 nitrogen and oxygen atoms in total. The van der Waals surface area contributed by atoms with Gasteiger partial charge in [-0.25, -0.2) is 9.37 Å². The summed E-state index contributed by atoms with van der Waals surface area (Å²) >= 11 is 0. The van der Waals surface area contributed by atoms with Crippen molar-refractivity contribution in [1.29, 1.82) is 0 Å². The van der Waals surface area contributed by atoms with Crippen LogP contribution in [-0.2, 0) is 12.2 Å². The third-order valence-electron chi connectivity index (χ3n) is 3.12. The SMILES string of the molecule is Cc1nccn1C[Si](C)(C)Cc1ccc(F)cc1. The second-order valence-corrected chi connectivity index (χ2v) is 10.6. The van der Waals surface area contributed by atoms with Gasteiger partial charge >= 0.3 is 0 Å². The van der Waals surface area contributed by atoms with E-state index in [0.717, 1.165) is 18.0 Å². The van der Waals surface area contributed by atoms with E-state index in [9.17, 15) is 4.39 Å². The van der Waals surface area contributed by atoms with Crippen molar-refractivity contribution in [3.05, 3.63) is 53.9 Å². The molecule has 0 fully saturated rings. The van der Waals surface area contributed by atoms with E-state index in [1.165, 1.54) is 5.56 Å². The molecular weight excluding hydrogens is 243 g/mol. The van der Waals surface area contributed by atoms with Gasteiger partial charge in [0.15, 0.2) is 0 Å². The maximum Gasteiger partial charge on any atom is 0.123 e. The topological polar surface area (TPSA) is 17.8 Å². The molecular formula is C14H19FN2Si. The predicted octanol–water partition coefficient (Wildman–Crippen LogP) is 3.36. The Hall–Kier alpha value is -1.42. The van der Waals surface area contributed by atoms with Crippen molar-refractivity contribution in [1.82, 2.24) is 9.55 Å². The summed E-state index contributed by atoms with van der Waals surface area (Å²) in [7, 11) is -1.40. The van der Waals surface area contributed by atoms with Gasteiger partial charge in [0, 0.05) is 18.6 Å². The number of halogens is 1. The number of nitrogens with zero attached hydrogens (tertiary/aromatic N) is 2. The quantitative estimate of drug-likeness (QED) is 0.773. The molecule has 0 N–H and O–H groups in total. The molecule has 1 aromatic carbocycles. The molecule has 0 spiro atoms. The zero-order valence-corrected chi connectivity index (χ0v) is 12.2. The third-order valence-corrected chi connectivity index (χ3v) is 5.68. The van der Waals surface area contributed by atoms with E-state index in [1.54, 1.807) is 12.1 Å². The van der Waals surface area contributed by atoms with Crippen molar-refractivity contribution in [2.24, 2.45) is 0 Å². The van der Waals surface area contributed by atoms with Gasteiger partial charge in [-0.1, -0.05) is 30.8 Å². The fourth-order valence-corrected chi connectivity index (χ4v) is 4.95. The van der Waals surface area contributed by atoms with Crippen molar-refractivity contribution in [2.75, 3.05) is 0 Å². The highest BCUT2D eigenvalue weighted by Gasteiger charge is 2.22. The molecule has 1 aromatic heterocycles. The summed E-state index contributed by atoms with van der Waals surface area (Å²) < 4.78 is 15.1. The highest BCUT2D eigenvalue weighted by atomic mass is 28.3. The molecule has 0 unspecified atom stereocenters. The van der Waals surface area contributed by atoms with Crippen LogP contribution in [0.4, 0.5) is 4.39 Å². The molecule has 0 aliphatic rings. The number of imidazole rings is 1. The van der Waals surface area contributed by atoms with Gasteiger partial charge in [-0.3, -0.25) is 0 Å². The third kappa shape index (κ3) is 3.29. The van der Waals surface area contributed by atoms with Crippen molar-refractivity contribution in [2.45, 2.75) is 32.2 Å². The molecule has 0 radical (unpaired) electrons.